The van der Waals surface area contributed by atoms with Crippen LogP contribution < -0.4 is 5.32 Å². The van der Waals surface area contributed by atoms with Crippen molar-refractivity contribution >= 4 is 17.3 Å². The van der Waals surface area contributed by atoms with Crippen LogP contribution in [0.1, 0.15) is 36.9 Å². The van der Waals surface area contributed by atoms with Crippen LogP contribution in [-0.2, 0) is 13.6 Å². The molecule has 5 nitrogen and oxygen atoms in total. The Morgan fingerprint density at radius 2 is 1.95 bits per heavy atom. The molecule has 1 aliphatic heterocycles. The molecule has 0 atom stereocenters. The molecule has 2 heterocycles. The summed E-state index contributed by atoms with van der Waals surface area (Å²) in [6.45, 7) is 7.33. The molecule has 3 rings (SSSR count). The SMILES string of the molecule is Cc1c(CN2CCN(C(=S)NC3CCCC3)CC2)cnn1C. The van der Waals surface area contributed by atoms with E-state index in [1.165, 1.54) is 36.9 Å². The third kappa shape index (κ3) is 3.60. The molecule has 1 saturated carbocycles. The third-order valence-electron chi connectivity index (χ3n) is 5.07. The summed E-state index contributed by atoms with van der Waals surface area (Å²) in [5.74, 6) is 0. The Labute approximate surface area is 138 Å². The third-order valence-corrected chi connectivity index (χ3v) is 5.45. The quantitative estimate of drug-likeness (QED) is 0.857. The fourth-order valence-electron chi connectivity index (χ4n) is 3.39. The largest absolute Gasteiger partial charge is 0.360 e. The molecular weight excluding hydrogens is 294 g/mol. The smallest absolute Gasteiger partial charge is 0.169 e. The average molecular weight is 321 g/mol. The molecule has 122 valence electrons. The maximum Gasteiger partial charge on any atom is 0.169 e. The van der Waals surface area contributed by atoms with Gasteiger partial charge in [0.2, 0.25) is 0 Å². The number of aromatic nitrogens is 2. The predicted octanol–water partition coefficient (Wildman–Crippen LogP) is 1.66. The number of nitrogens with zero attached hydrogens (tertiary/aromatic N) is 4. The van der Waals surface area contributed by atoms with E-state index in [4.69, 9.17) is 12.2 Å². The number of thiocarbonyl (C=S) groups is 1. The Kier molecular flexibility index (Phi) is 4.98. The molecule has 1 aromatic rings. The molecule has 0 amide bonds. The van der Waals surface area contributed by atoms with Gasteiger partial charge in [-0.25, -0.2) is 0 Å². The van der Waals surface area contributed by atoms with E-state index >= 15 is 0 Å². The van der Waals surface area contributed by atoms with Crippen LogP contribution in [0.2, 0.25) is 0 Å². The molecule has 2 fully saturated rings. The van der Waals surface area contributed by atoms with E-state index in [9.17, 15) is 0 Å². The number of rotatable bonds is 3. The summed E-state index contributed by atoms with van der Waals surface area (Å²) in [4.78, 5) is 4.83. The Balaban J connectivity index is 1.45. The zero-order valence-corrected chi connectivity index (χ0v) is 14.5. The summed E-state index contributed by atoms with van der Waals surface area (Å²) >= 11 is 5.59. The fraction of sp³-hybridized carbons (Fsp3) is 0.750. The zero-order valence-electron chi connectivity index (χ0n) is 13.7. The lowest BCUT2D eigenvalue weighted by atomic mass is 10.2. The molecule has 0 unspecified atom stereocenters. The van der Waals surface area contributed by atoms with Crippen molar-refractivity contribution in [2.75, 3.05) is 26.2 Å². The van der Waals surface area contributed by atoms with Crippen LogP contribution in [0.15, 0.2) is 6.20 Å². The molecule has 1 aromatic heterocycles. The van der Waals surface area contributed by atoms with Crippen molar-refractivity contribution in [2.45, 2.75) is 45.2 Å². The highest BCUT2D eigenvalue weighted by molar-refractivity contribution is 7.80. The van der Waals surface area contributed by atoms with Crippen molar-refractivity contribution in [3.63, 3.8) is 0 Å². The number of nitrogens with one attached hydrogen (secondary N) is 1. The monoisotopic (exact) mass is 321 g/mol. The normalized spacial score (nSPS) is 20.5. The van der Waals surface area contributed by atoms with Crippen molar-refractivity contribution in [3.05, 3.63) is 17.5 Å². The van der Waals surface area contributed by atoms with Crippen LogP contribution in [0.3, 0.4) is 0 Å². The van der Waals surface area contributed by atoms with Crippen LogP contribution in [0.4, 0.5) is 0 Å². The van der Waals surface area contributed by atoms with Crippen molar-refractivity contribution in [1.29, 1.82) is 0 Å². The molecule has 22 heavy (non-hydrogen) atoms. The van der Waals surface area contributed by atoms with Gasteiger partial charge in [0.1, 0.15) is 0 Å². The molecule has 6 heteroatoms. The minimum absolute atomic E-state index is 0.614. The molecule has 2 aliphatic rings. The van der Waals surface area contributed by atoms with Gasteiger partial charge in [-0.05, 0) is 32.0 Å². The summed E-state index contributed by atoms with van der Waals surface area (Å²) in [6.07, 6.45) is 7.24. The van der Waals surface area contributed by atoms with Gasteiger partial charge in [0.15, 0.2) is 5.11 Å². The number of hydrogen-bond donors (Lipinski definition) is 1. The lowest BCUT2D eigenvalue weighted by Crippen LogP contribution is -2.52. The second kappa shape index (κ2) is 6.96. The van der Waals surface area contributed by atoms with Crippen molar-refractivity contribution in [2.24, 2.45) is 7.05 Å². The van der Waals surface area contributed by atoms with Crippen molar-refractivity contribution < 1.29 is 0 Å². The Morgan fingerprint density at radius 1 is 1.27 bits per heavy atom. The van der Waals surface area contributed by atoms with E-state index in [2.05, 4.69) is 27.1 Å². The molecular formula is C16H27N5S. The molecule has 0 aromatic carbocycles. The zero-order chi connectivity index (χ0) is 15.5. The van der Waals surface area contributed by atoms with Crippen molar-refractivity contribution in [3.8, 4) is 0 Å². The van der Waals surface area contributed by atoms with Gasteiger partial charge in [-0.2, -0.15) is 5.10 Å². The second-order valence-electron chi connectivity index (χ2n) is 6.57. The highest BCUT2D eigenvalue weighted by atomic mass is 32.1. The van der Waals surface area contributed by atoms with E-state index in [-0.39, 0.29) is 0 Å². The summed E-state index contributed by atoms with van der Waals surface area (Å²) in [6, 6.07) is 0.614. The van der Waals surface area contributed by atoms with E-state index < -0.39 is 0 Å². The van der Waals surface area contributed by atoms with Crippen LogP contribution in [-0.4, -0.2) is 56.9 Å². The van der Waals surface area contributed by atoms with Gasteiger partial charge < -0.3 is 10.2 Å². The number of hydrogen-bond acceptors (Lipinski definition) is 3. The van der Waals surface area contributed by atoms with Crippen molar-refractivity contribution in [1.82, 2.24) is 24.9 Å². The Hall–Kier alpha value is -1.14. The van der Waals surface area contributed by atoms with Gasteiger partial charge in [0.25, 0.3) is 0 Å². The minimum Gasteiger partial charge on any atom is -0.360 e. The summed E-state index contributed by atoms with van der Waals surface area (Å²) in [5.41, 5.74) is 2.60. The van der Waals surface area contributed by atoms with Crippen LogP contribution in [0.25, 0.3) is 0 Å². The van der Waals surface area contributed by atoms with Gasteiger partial charge in [0, 0.05) is 57.1 Å². The molecule has 1 saturated heterocycles. The minimum atomic E-state index is 0.614. The van der Waals surface area contributed by atoms with E-state index in [1.54, 1.807) is 0 Å². The first-order valence-electron chi connectivity index (χ1n) is 8.39. The maximum atomic E-state index is 5.59. The summed E-state index contributed by atoms with van der Waals surface area (Å²) in [5, 5.41) is 8.84. The first-order valence-corrected chi connectivity index (χ1v) is 8.79. The predicted molar refractivity (Wildman–Crippen MR) is 92.8 cm³/mol. The van der Waals surface area contributed by atoms with E-state index in [1.807, 2.05) is 17.9 Å². The molecule has 1 N–H and O–H groups in total. The van der Waals surface area contributed by atoms with E-state index in [0.717, 1.165) is 37.8 Å². The first kappa shape index (κ1) is 15.7. The molecule has 0 bridgehead atoms. The van der Waals surface area contributed by atoms with Gasteiger partial charge in [0.05, 0.1) is 6.20 Å². The molecule has 0 radical (unpaired) electrons. The topological polar surface area (TPSA) is 36.3 Å². The maximum absolute atomic E-state index is 5.59. The lowest BCUT2D eigenvalue weighted by molar-refractivity contribution is 0.173. The van der Waals surface area contributed by atoms with Gasteiger partial charge in [-0.1, -0.05) is 12.8 Å². The van der Waals surface area contributed by atoms with Gasteiger partial charge in [-0.3, -0.25) is 9.58 Å². The Bertz CT molecular complexity index is 513. The highest BCUT2D eigenvalue weighted by Crippen LogP contribution is 2.18. The lowest BCUT2D eigenvalue weighted by Gasteiger charge is -2.36. The number of aryl methyl sites for hydroxylation is 1. The van der Waals surface area contributed by atoms with Crippen LogP contribution >= 0.6 is 12.2 Å². The standard InChI is InChI=1S/C16H27N5S/c1-13-14(11-17-19(13)2)12-20-7-9-21(10-8-20)16(22)18-15-5-3-4-6-15/h11,15H,3-10,12H2,1-2H3,(H,18,22). The van der Waals surface area contributed by atoms with Gasteiger partial charge in [-0.15, -0.1) is 0 Å². The average Bonchev–Trinajstić information content (AvgIpc) is 3.13. The number of piperazine rings is 1. The highest BCUT2D eigenvalue weighted by Gasteiger charge is 2.22. The van der Waals surface area contributed by atoms with Crippen LogP contribution in [0, 0.1) is 6.92 Å². The van der Waals surface area contributed by atoms with E-state index in [0.29, 0.717) is 6.04 Å². The summed E-state index contributed by atoms with van der Waals surface area (Å²) in [7, 11) is 2.00. The Morgan fingerprint density at radius 3 is 2.55 bits per heavy atom. The molecule has 1 aliphatic carbocycles. The first-order chi connectivity index (χ1) is 10.6. The van der Waals surface area contributed by atoms with Gasteiger partial charge >= 0.3 is 0 Å². The fourth-order valence-corrected chi connectivity index (χ4v) is 3.73. The van der Waals surface area contributed by atoms with Crippen LogP contribution in [0.5, 0.6) is 0 Å². The second-order valence-corrected chi connectivity index (χ2v) is 6.96. The summed E-state index contributed by atoms with van der Waals surface area (Å²) < 4.78 is 1.95. The molecule has 0 spiro atoms.